The van der Waals surface area contributed by atoms with Gasteiger partial charge in [-0.1, -0.05) is 6.07 Å². The van der Waals surface area contributed by atoms with Gasteiger partial charge < -0.3 is 14.2 Å². The van der Waals surface area contributed by atoms with Crippen molar-refractivity contribution in [2.24, 2.45) is 0 Å². The minimum atomic E-state index is -0.568. The lowest BCUT2D eigenvalue weighted by molar-refractivity contribution is -0.192. The van der Waals surface area contributed by atoms with E-state index < -0.39 is 17.4 Å². The van der Waals surface area contributed by atoms with Gasteiger partial charge >= 0.3 is 0 Å². The van der Waals surface area contributed by atoms with Crippen LogP contribution in [-0.2, 0) is 20.8 Å². The van der Waals surface area contributed by atoms with Crippen molar-refractivity contribution in [2.75, 3.05) is 13.2 Å². The second-order valence-corrected chi connectivity index (χ2v) is 5.35. The van der Waals surface area contributed by atoms with E-state index in [9.17, 15) is 8.78 Å². The summed E-state index contributed by atoms with van der Waals surface area (Å²) >= 11 is 0. The molecule has 1 aliphatic carbocycles. The Labute approximate surface area is 116 Å². The Bertz CT molecular complexity index is 462. The maximum Gasteiger partial charge on any atom is 0.168 e. The Balaban J connectivity index is 1.50. The topological polar surface area (TPSA) is 27.7 Å². The summed E-state index contributed by atoms with van der Waals surface area (Å²) in [4.78, 5) is 0. The average Bonchev–Trinajstić information content (AvgIpc) is 2.88. The molecule has 0 bridgehead atoms. The molecule has 0 aromatic heterocycles. The summed E-state index contributed by atoms with van der Waals surface area (Å²) in [6, 6.07) is 3.56. The van der Waals surface area contributed by atoms with Crippen LogP contribution in [0.25, 0.3) is 0 Å². The molecule has 1 spiro atoms. The van der Waals surface area contributed by atoms with Crippen LogP contribution in [0.2, 0.25) is 0 Å². The summed E-state index contributed by atoms with van der Waals surface area (Å²) in [6.45, 7) is 1.49. The van der Waals surface area contributed by atoms with E-state index in [1.54, 1.807) is 0 Å². The first-order chi connectivity index (χ1) is 9.67. The van der Waals surface area contributed by atoms with E-state index in [2.05, 4.69) is 0 Å². The van der Waals surface area contributed by atoms with Crippen molar-refractivity contribution >= 4 is 0 Å². The largest absolute Gasteiger partial charge is 0.373 e. The minimum Gasteiger partial charge on any atom is -0.373 e. The average molecular weight is 284 g/mol. The highest BCUT2D eigenvalue weighted by Crippen LogP contribution is 2.36. The molecule has 2 aliphatic rings. The van der Waals surface area contributed by atoms with Crippen LogP contribution in [0.1, 0.15) is 31.2 Å². The van der Waals surface area contributed by atoms with Gasteiger partial charge in [0.15, 0.2) is 5.79 Å². The van der Waals surface area contributed by atoms with Crippen molar-refractivity contribution in [3.63, 3.8) is 0 Å². The normalized spacial score (nSPS) is 22.5. The number of hydrogen-bond acceptors (Lipinski definition) is 3. The van der Waals surface area contributed by atoms with E-state index in [1.165, 1.54) is 12.1 Å². The van der Waals surface area contributed by atoms with Gasteiger partial charge in [0.05, 0.1) is 25.9 Å². The lowest BCUT2D eigenvalue weighted by atomic mass is 9.92. The number of halogens is 2. The van der Waals surface area contributed by atoms with Crippen molar-refractivity contribution in [1.82, 2.24) is 0 Å². The Morgan fingerprint density at radius 3 is 2.50 bits per heavy atom. The van der Waals surface area contributed by atoms with Crippen molar-refractivity contribution in [3.8, 4) is 0 Å². The first-order valence-electron chi connectivity index (χ1n) is 7.00. The third-order valence-electron chi connectivity index (χ3n) is 4.00. The molecule has 1 aromatic rings. The zero-order valence-electron chi connectivity index (χ0n) is 11.2. The fourth-order valence-electron chi connectivity index (χ4n) is 2.83. The molecule has 0 radical (unpaired) electrons. The molecule has 110 valence electrons. The van der Waals surface area contributed by atoms with Crippen molar-refractivity contribution in [2.45, 2.75) is 44.2 Å². The second-order valence-electron chi connectivity index (χ2n) is 5.35. The first-order valence-corrected chi connectivity index (χ1v) is 7.00. The Kier molecular flexibility index (Phi) is 4.01. The Morgan fingerprint density at radius 2 is 1.85 bits per heavy atom. The van der Waals surface area contributed by atoms with Crippen LogP contribution < -0.4 is 0 Å². The molecule has 1 heterocycles. The van der Waals surface area contributed by atoms with Gasteiger partial charge in [-0.2, -0.15) is 0 Å². The summed E-state index contributed by atoms with van der Waals surface area (Å²) in [5.74, 6) is -1.53. The summed E-state index contributed by atoms with van der Waals surface area (Å²) in [6.07, 6.45) is 3.37. The molecule has 0 unspecified atom stereocenters. The number of benzene rings is 1. The fraction of sp³-hybridized carbons (Fsp3) is 0.600. The van der Waals surface area contributed by atoms with Crippen LogP contribution in [0.15, 0.2) is 18.2 Å². The monoisotopic (exact) mass is 284 g/mol. The minimum absolute atomic E-state index is 0.0814. The number of ether oxygens (including phenoxy) is 3. The number of hydrogen-bond donors (Lipinski definition) is 0. The van der Waals surface area contributed by atoms with E-state index in [4.69, 9.17) is 14.2 Å². The van der Waals surface area contributed by atoms with Crippen LogP contribution >= 0.6 is 0 Å². The third kappa shape index (κ3) is 3.00. The molecule has 1 saturated heterocycles. The molecule has 3 rings (SSSR count). The highest BCUT2D eigenvalue weighted by molar-refractivity contribution is 5.17. The first kappa shape index (κ1) is 13.9. The molecule has 3 nitrogen and oxygen atoms in total. The lowest BCUT2D eigenvalue weighted by Crippen LogP contribution is -2.37. The Morgan fingerprint density at radius 1 is 1.15 bits per heavy atom. The molecule has 0 atom stereocenters. The molecular weight excluding hydrogens is 266 g/mol. The maximum atomic E-state index is 13.5. The van der Waals surface area contributed by atoms with E-state index in [-0.39, 0.29) is 12.7 Å². The predicted molar refractivity (Wildman–Crippen MR) is 68.0 cm³/mol. The third-order valence-corrected chi connectivity index (χ3v) is 4.00. The van der Waals surface area contributed by atoms with E-state index in [1.807, 2.05) is 0 Å². The molecule has 0 N–H and O–H groups in total. The van der Waals surface area contributed by atoms with Gasteiger partial charge in [0.2, 0.25) is 0 Å². The highest BCUT2D eigenvalue weighted by atomic mass is 19.1. The standard InChI is InChI=1S/C15H18F2O3/c16-12-2-1-11(14(17)9-12)10-18-13-3-5-15(6-4-13)19-7-8-20-15/h1-2,9,13H,3-8,10H2. The fourth-order valence-corrected chi connectivity index (χ4v) is 2.83. The van der Waals surface area contributed by atoms with E-state index >= 15 is 0 Å². The quantitative estimate of drug-likeness (QED) is 0.853. The summed E-state index contributed by atoms with van der Waals surface area (Å²) in [5, 5.41) is 0. The smallest absolute Gasteiger partial charge is 0.168 e. The van der Waals surface area contributed by atoms with E-state index in [0.717, 1.165) is 31.7 Å². The zero-order chi connectivity index (χ0) is 14.0. The molecule has 2 fully saturated rings. The van der Waals surface area contributed by atoms with Crippen LogP contribution in [0.5, 0.6) is 0 Å². The molecule has 20 heavy (non-hydrogen) atoms. The summed E-state index contributed by atoms with van der Waals surface area (Å²) in [5.41, 5.74) is 0.389. The molecule has 1 saturated carbocycles. The lowest BCUT2D eigenvalue weighted by Gasteiger charge is -2.35. The van der Waals surface area contributed by atoms with Crippen molar-refractivity contribution in [1.29, 1.82) is 0 Å². The summed E-state index contributed by atoms with van der Waals surface area (Å²) in [7, 11) is 0. The van der Waals surface area contributed by atoms with Crippen LogP contribution in [0.4, 0.5) is 8.78 Å². The van der Waals surface area contributed by atoms with Gasteiger partial charge in [-0.3, -0.25) is 0 Å². The van der Waals surface area contributed by atoms with Gasteiger partial charge in [0, 0.05) is 24.5 Å². The van der Waals surface area contributed by atoms with Crippen molar-refractivity contribution < 1.29 is 23.0 Å². The van der Waals surface area contributed by atoms with Gasteiger partial charge in [-0.15, -0.1) is 0 Å². The van der Waals surface area contributed by atoms with Crippen LogP contribution in [0.3, 0.4) is 0 Å². The SMILES string of the molecule is Fc1ccc(COC2CCC3(CC2)OCCO3)c(F)c1. The van der Waals surface area contributed by atoms with Gasteiger partial charge in [-0.05, 0) is 18.9 Å². The number of rotatable bonds is 3. The van der Waals surface area contributed by atoms with Gasteiger partial charge in [0.25, 0.3) is 0 Å². The Hall–Kier alpha value is -1.04. The van der Waals surface area contributed by atoms with Crippen LogP contribution in [-0.4, -0.2) is 25.1 Å². The maximum absolute atomic E-state index is 13.5. The van der Waals surface area contributed by atoms with Crippen LogP contribution in [0, 0.1) is 11.6 Å². The molecule has 5 heteroatoms. The second kappa shape index (κ2) is 5.76. The highest BCUT2D eigenvalue weighted by Gasteiger charge is 2.40. The molecule has 1 aliphatic heterocycles. The predicted octanol–water partition coefficient (Wildman–Crippen LogP) is 3.17. The van der Waals surface area contributed by atoms with Gasteiger partial charge in [0.1, 0.15) is 11.6 Å². The zero-order valence-corrected chi connectivity index (χ0v) is 11.2. The van der Waals surface area contributed by atoms with Crippen molar-refractivity contribution in [3.05, 3.63) is 35.4 Å². The van der Waals surface area contributed by atoms with E-state index in [0.29, 0.717) is 18.8 Å². The van der Waals surface area contributed by atoms with Gasteiger partial charge in [-0.25, -0.2) is 8.78 Å². The summed E-state index contributed by atoms with van der Waals surface area (Å²) < 4.78 is 43.3. The molecular formula is C15H18F2O3. The molecule has 1 aromatic carbocycles. The molecule has 0 amide bonds.